The Hall–Kier alpha value is -4.97. The number of benzene rings is 4. The van der Waals surface area contributed by atoms with Crippen molar-refractivity contribution < 1.29 is 4.79 Å². The van der Waals surface area contributed by atoms with E-state index >= 15 is 0 Å². The molecule has 0 fully saturated rings. The lowest BCUT2D eigenvalue weighted by Crippen LogP contribution is -2.38. The van der Waals surface area contributed by atoms with E-state index in [2.05, 4.69) is 88.0 Å². The number of nitrogens with two attached hydrogens (primary N) is 1. The molecule has 0 atom stereocenters. The summed E-state index contributed by atoms with van der Waals surface area (Å²) in [4.78, 5) is 10.8. The highest BCUT2D eigenvalue weighted by Gasteiger charge is 2.39. The second-order valence-electron chi connectivity index (χ2n) is 8.31. The van der Waals surface area contributed by atoms with Crippen LogP contribution in [0.3, 0.4) is 0 Å². The van der Waals surface area contributed by atoms with Gasteiger partial charge in [0.25, 0.3) is 0 Å². The van der Waals surface area contributed by atoms with Crippen molar-refractivity contribution in [3.63, 3.8) is 0 Å². The predicted molar refractivity (Wildman–Crippen MR) is 143 cm³/mol. The number of nitrogens with zero attached hydrogens (tertiary/aromatic N) is 3. The quantitative estimate of drug-likeness (QED) is 0.189. The summed E-state index contributed by atoms with van der Waals surface area (Å²) in [6.07, 6.45) is 3.58. The minimum absolute atomic E-state index is 0.658. The zero-order valence-corrected chi connectivity index (χ0v) is 19.5. The van der Waals surface area contributed by atoms with Gasteiger partial charge in [0.05, 0.1) is 11.9 Å². The van der Waals surface area contributed by atoms with Crippen molar-refractivity contribution in [3.8, 4) is 11.3 Å². The Bertz CT molecular complexity index is 1360. The number of amides is 2. The Labute approximate surface area is 209 Å². The van der Waals surface area contributed by atoms with E-state index in [9.17, 15) is 4.79 Å². The van der Waals surface area contributed by atoms with Gasteiger partial charge in [-0.15, -0.1) is 0 Å². The molecule has 6 nitrogen and oxygen atoms in total. The third-order valence-electron chi connectivity index (χ3n) is 6.10. The number of nitrogens with one attached hydrogen (secondary N) is 1. The number of primary amides is 1. The van der Waals surface area contributed by atoms with E-state index in [4.69, 9.17) is 10.8 Å². The molecule has 4 aromatic carbocycles. The molecule has 0 spiro atoms. The standard InChI is InChI=1S/C30H25N5O/c31-29(36)33-32-22-23-16-18-24(19-17-23)28-20-21-35(34-28)30(25-10-4-1-5-11-25,26-12-6-2-7-13-26)27-14-8-3-9-15-27/h1-22H,(H3,31,33,36). The van der Waals surface area contributed by atoms with Gasteiger partial charge in [-0.1, -0.05) is 115 Å². The molecule has 1 heterocycles. The van der Waals surface area contributed by atoms with Crippen molar-refractivity contribution in [2.45, 2.75) is 5.54 Å². The number of carbonyl (C=O) groups excluding carboxylic acids is 1. The van der Waals surface area contributed by atoms with Crippen LogP contribution >= 0.6 is 0 Å². The summed E-state index contributed by atoms with van der Waals surface area (Å²) in [7, 11) is 0. The number of carbonyl (C=O) groups is 1. The third-order valence-corrected chi connectivity index (χ3v) is 6.10. The van der Waals surface area contributed by atoms with Crippen LogP contribution in [0.5, 0.6) is 0 Å². The lowest BCUT2D eigenvalue weighted by molar-refractivity contribution is 0.249. The Morgan fingerprint density at radius 2 is 1.25 bits per heavy atom. The third kappa shape index (κ3) is 4.40. The van der Waals surface area contributed by atoms with Crippen LogP contribution in [0.2, 0.25) is 0 Å². The molecule has 2 amide bonds. The van der Waals surface area contributed by atoms with E-state index < -0.39 is 11.6 Å². The van der Waals surface area contributed by atoms with Crippen molar-refractivity contribution in [1.82, 2.24) is 15.2 Å². The molecule has 0 radical (unpaired) electrons. The summed E-state index contributed by atoms with van der Waals surface area (Å²) in [6.45, 7) is 0. The van der Waals surface area contributed by atoms with Crippen LogP contribution < -0.4 is 11.2 Å². The summed E-state index contributed by atoms with van der Waals surface area (Å²) in [5.74, 6) is 0. The molecule has 0 aliphatic carbocycles. The van der Waals surface area contributed by atoms with E-state index in [0.717, 1.165) is 33.5 Å². The molecule has 0 aliphatic heterocycles. The molecular weight excluding hydrogens is 446 g/mol. The molecule has 0 saturated carbocycles. The molecule has 1 aromatic heterocycles. The molecule has 3 N–H and O–H groups in total. The predicted octanol–water partition coefficient (Wildman–Crippen LogP) is 5.39. The summed E-state index contributed by atoms with van der Waals surface area (Å²) < 4.78 is 2.05. The maximum Gasteiger partial charge on any atom is 0.332 e. The highest BCUT2D eigenvalue weighted by Crippen LogP contribution is 2.40. The smallest absolute Gasteiger partial charge is 0.332 e. The van der Waals surface area contributed by atoms with E-state index in [1.54, 1.807) is 6.21 Å². The fraction of sp³-hybridized carbons (Fsp3) is 0.0333. The number of rotatable bonds is 7. The van der Waals surface area contributed by atoms with E-state index in [1.807, 2.05) is 54.7 Å². The Morgan fingerprint density at radius 3 is 1.72 bits per heavy atom. The molecule has 0 aliphatic rings. The largest absolute Gasteiger partial charge is 0.350 e. The van der Waals surface area contributed by atoms with Crippen LogP contribution in [-0.2, 0) is 5.54 Å². The maximum atomic E-state index is 10.8. The Balaban J connectivity index is 1.63. The molecule has 176 valence electrons. The first-order chi connectivity index (χ1) is 17.7. The van der Waals surface area contributed by atoms with Crippen molar-refractivity contribution in [2.75, 3.05) is 0 Å². The van der Waals surface area contributed by atoms with Gasteiger partial charge in [0.2, 0.25) is 0 Å². The van der Waals surface area contributed by atoms with Gasteiger partial charge in [0, 0.05) is 11.8 Å². The average Bonchev–Trinajstić information content (AvgIpc) is 3.42. The molecule has 6 heteroatoms. The molecule has 36 heavy (non-hydrogen) atoms. The lowest BCUT2D eigenvalue weighted by atomic mass is 9.77. The summed E-state index contributed by atoms with van der Waals surface area (Å²) in [5.41, 5.74) is 12.6. The Morgan fingerprint density at radius 1 is 0.750 bits per heavy atom. The number of hydrogen-bond acceptors (Lipinski definition) is 3. The first-order valence-electron chi connectivity index (χ1n) is 11.6. The van der Waals surface area contributed by atoms with Crippen LogP contribution in [0, 0.1) is 0 Å². The first-order valence-corrected chi connectivity index (χ1v) is 11.6. The molecule has 0 saturated heterocycles. The van der Waals surface area contributed by atoms with Crippen LogP contribution in [0.25, 0.3) is 11.3 Å². The maximum absolute atomic E-state index is 10.8. The van der Waals surface area contributed by atoms with E-state index in [-0.39, 0.29) is 0 Å². The van der Waals surface area contributed by atoms with Crippen molar-refractivity contribution in [2.24, 2.45) is 10.8 Å². The second kappa shape index (κ2) is 10.1. The second-order valence-corrected chi connectivity index (χ2v) is 8.31. The van der Waals surface area contributed by atoms with Crippen LogP contribution in [-0.4, -0.2) is 22.0 Å². The van der Waals surface area contributed by atoms with Gasteiger partial charge in [0.15, 0.2) is 0 Å². The number of urea groups is 1. The van der Waals surface area contributed by atoms with Crippen molar-refractivity contribution >= 4 is 12.2 Å². The van der Waals surface area contributed by atoms with Crippen LogP contribution in [0.4, 0.5) is 4.79 Å². The zero-order chi connectivity index (χ0) is 24.8. The van der Waals surface area contributed by atoms with Gasteiger partial charge in [-0.2, -0.15) is 10.2 Å². The molecule has 5 aromatic rings. The highest BCUT2D eigenvalue weighted by atomic mass is 16.2. The van der Waals surface area contributed by atoms with E-state index in [1.165, 1.54) is 0 Å². The molecule has 5 rings (SSSR count). The minimum atomic E-state index is -0.702. The topological polar surface area (TPSA) is 85.3 Å². The van der Waals surface area contributed by atoms with Gasteiger partial charge in [-0.05, 0) is 28.3 Å². The summed E-state index contributed by atoms with van der Waals surface area (Å²) >= 11 is 0. The van der Waals surface area contributed by atoms with Crippen LogP contribution in [0.1, 0.15) is 22.3 Å². The van der Waals surface area contributed by atoms with Gasteiger partial charge in [0.1, 0.15) is 5.54 Å². The normalized spacial score (nSPS) is 11.4. The zero-order valence-electron chi connectivity index (χ0n) is 19.5. The molecular formula is C30H25N5O. The highest BCUT2D eigenvalue weighted by molar-refractivity contribution is 5.82. The van der Waals surface area contributed by atoms with Gasteiger partial charge in [-0.3, -0.25) is 4.68 Å². The van der Waals surface area contributed by atoms with E-state index in [0.29, 0.717) is 0 Å². The molecule has 0 unspecified atom stereocenters. The Kier molecular flexibility index (Phi) is 6.40. The minimum Gasteiger partial charge on any atom is -0.350 e. The number of aromatic nitrogens is 2. The van der Waals surface area contributed by atoms with Crippen LogP contribution in [0.15, 0.2) is 133 Å². The fourth-order valence-corrected chi connectivity index (χ4v) is 4.51. The average molecular weight is 472 g/mol. The van der Waals surface area contributed by atoms with Crippen molar-refractivity contribution in [1.29, 1.82) is 0 Å². The summed E-state index contributed by atoms with van der Waals surface area (Å²) in [5, 5.41) is 8.92. The lowest BCUT2D eigenvalue weighted by Gasteiger charge is -2.36. The molecule has 0 bridgehead atoms. The summed E-state index contributed by atoms with van der Waals surface area (Å²) in [6, 6.07) is 40.5. The monoisotopic (exact) mass is 471 g/mol. The first kappa shape index (κ1) is 22.8. The van der Waals surface area contributed by atoms with Gasteiger partial charge in [-0.25, -0.2) is 10.2 Å². The fourth-order valence-electron chi connectivity index (χ4n) is 4.51. The SMILES string of the molecule is NC(=O)NN=Cc1ccc(-c2ccn(C(c3ccccc3)(c3ccccc3)c3ccccc3)n2)cc1. The number of hydrogen-bond donors (Lipinski definition) is 2. The van der Waals surface area contributed by atoms with Gasteiger partial charge >= 0.3 is 6.03 Å². The van der Waals surface area contributed by atoms with Gasteiger partial charge < -0.3 is 5.73 Å². The number of hydrazone groups is 1. The van der Waals surface area contributed by atoms with Crippen molar-refractivity contribution in [3.05, 3.63) is 150 Å².